The lowest BCUT2D eigenvalue weighted by molar-refractivity contribution is -0.133. The van der Waals surface area contributed by atoms with E-state index in [1.165, 1.54) is 0 Å². The standard InChI is InChI=1S/C21H25NO5/c1-14(2)22(13-17-6-4-15(3)27-17)21(24)9-7-18(23)16-5-8-19-20(12-16)26-11-10-25-19/h4-6,8,12,14H,7,9-11,13H2,1-3H3. The van der Waals surface area contributed by atoms with Gasteiger partial charge >= 0.3 is 0 Å². The second-order valence-corrected chi connectivity index (χ2v) is 6.91. The molecule has 144 valence electrons. The minimum atomic E-state index is -0.0853. The van der Waals surface area contributed by atoms with Crippen molar-refractivity contribution in [3.8, 4) is 11.5 Å². The van der Waals surface area contributed by atoms with E-state index in [0.717, 1.165) is 11.5 Å². The van der Waals surface area contributed by atoms with Crippen LogP contribution in [0.3, 0.4) is 0 Å². The van der Waals surface area contributed by atoms with Crippen LogP contribution >= 0.6 is 0 Å². The number of aryl methyl sites for hydroxylation is 1. The number of hydrogen-bond donors (Lipinski definition) is 0. The molecule has 0 saturated carbocycles. The van der Waals surface area contributed by atoms with Gasteiger partial charge in [0.05, 0.1) is 6.54 Å². The average molecular weight is 371 g/mol. The first-order valence-corrected chi connectivity index (χ1v) is 9.21. The molecule has 1 aromatic carbocycles. The third kappa shape index (κ3) is 4.70. The topological polar surface area (TPSA) is 69.0 Å². The van der Waals surface area contributed by atoms with Gasteiger partial charge in [-0.05, 0) is 51.1 Å². The van der Waals surface area contributed by atoms with Crippen molar-refractivity contribution in [1.29, 1.82) is 0 Å². The number of carbonyl (C=O) groups is 2. The molecule has 0 bridgehead atoms. The van der Waals surface area contributed by atoms with Crippen molar-refractivity contribution in [2.24, 2.45) is 0 Å². The molecular weight excluding hydrogens is 346 g/mol. The van der Waals surface area contributed by atoms with E-state index in [9.17, 15) is 9.59 Å². The molecule has 1 amide bonds. The third-order valence-electron chi connectivity index (χ3n) is 4.50. The molecule has 0 radical (unpaired) electrons. The molecule has 0 unspecified atom stereocenters. The fraction of sp³-hybridized carbons (Fsp3) is 0.429. The SMILES string of the molecule is Cc1ccc(CN(C(=O)CCC(=O)c2ccc3c(c2)OCCO3)C(C)C)o1. The molecule has 0 saturated heterocycles. The highest BCUT2D eigenvalue weighted by Gasteiger charge is 2.21. The van der Waals surface area contributed by atoms with E-state index in [1.54, 1.807) is 23.1 Å². The zero-order valence-electron chi connectivity index (χ0n) is 16.0. The van der Waals surface area contributed by atoms with Gasteiger partial charge in [0.1, 0.15) is 24.7 Å². The van der Waals surface area contributed by atoms with E-state index < -0.39 is 0 Å². The number of carbonyl (C=O) groups excluding carboxylic acids is 2. The van der Waals surface area contributed by atoms with E-state index in [1.807, 2.05) is 32.9 Å². The van der Waals surface area contributed by atoms with Gasteiger partial charge in [0.25, 0.3) is 0 Å². The first kappa shape index (κ1) is 19.0. The molecule has 1 aromatic heterocycles. The summed E-state index contributed by atoms with van der Waals surface area (Å²) in [6.45, 7) is 7.17. The summed E-state index contributed by atoms with van der Waals surface area (Å²) in [6.07, 6.45) is 0.310. The monoisotopic (exact) mass is 371 g/mol. The van der Waals surface area contributed by atoms with Crippen molar-refractivity contribution < 1.29 is 23.5 Å². The maximum Gasteiger partial charge on any atom is 0.223 e. The van der Waals surface area contributed by atoms with Crippen molar-refractivity contribution in [3.05, 3.63) is 47.4 Å². The Hall–Kier alpha value is -2.76. The second kappa shape index (κ2) is 8.29. The smallest absolute Gasteiger partial charge is 0.223 e. The summed E-state index contributed by atoms with van der Waals surface area (Å²) in [5, 5.41) is 0. The van der Waals surface area contributed by atoms with Gasteiger partial charge in [-0.2, -0.15) is 0 Å². The predicted molar refractivity (Wildman–Crippen MR) is 100 cm³/mol. The number of furan rings is 1. The molecule has 3 rings (SSSR count). The molecule has 2 aromatic rings. The van der Waals surface area contributed by atoms with Gasteiger partial charge in [-0.1, -0.05) is 0 Å². The third-order valence-corrected chi connectivity index (χ3v) is 4.50. The number of nitrogens with zero attached hydrogens (tertiary/aromatic N) is 1. The van der Waals surface area contributed by atoms with E-state index in [4.69, 9.17) is 13.9 Å². The predicted octanol–water partition coefficient (Wildman–Crippen LogP) is 3.76. The molecule has 0 N–H and O–H groups in total. The quantitative estimate of drug-likeness (QED) is 0.693. The van der Waals surface area contributed by atoms with Crippen molar-refractivity contribution in [2.45, 2.75) is 46.2 Å². The van der Waals surface area contributed by atoms with Gasteiger partial charge in [0.15, 0.2) is 17.3 Å². The Labute approximate surface area is 159 Å². The number of Topliss-reactive ketones (excluding diaryl/α,β-unsaturated/α-hetero) is 1. The number of benzene rings is 1. The number of fused-ring (bicyclic) bond motifs is 1. The molecule has 6 nitrogen and oxygen atoms in total. The zero-order chi connectivity index (χ0) is 19.4. The Morgan fingerprint density at radius 1 is 1.04 bits per heavy atom. The Balaban J connectivity index is 1.60. The molecule has 1 aliphatic heterocycles. The van der Waals surface area contributed by atoms with Gasteiger partial charge < -0.3 is 18.8 Å². The fourth-order valence-corrected chi connectivity index (χ4v) is 3.02. The lowest BCUT2D eigenvalue weighted by Crippen LogP contribution is -2.36. The lowest BCUT2D eigenvalue weighted by atomic mass is 10.0. The van der Waals surface area contributed by atoms with E-state index in [-0.39, 0.29) is 30.6 Å². The first-order chi connectivity index (χ1) is 12.9. The maximum atomic E-state index is 12.7. The largest absolute Gasteiger partial charge is 0.486 e. The Morgan fingerprint density at radius 3 is 2.44 bits per heavy atom. The van der Waals surface area contributed by atoms with Crippen LogP contribution in [0.5, 0.6) is 11.5 Å². The van der Waals surface area contributed by atoms with Gasteiger partial charge in [0.2, 0.25) is 5.91 Å². The number of amides is 1. The highest BCUT2D eigenvalue weighted by Crippen LogP contribution is 2.31. The van der Waals surface area contributed by atoms with E-state index >= 15 is 0 Å². The lowest BCUT2D eigenvalue weighted by Gasteiger charge is -2.26. The normalized spacial score (nSPS) is 12.9. The Kier molecular flexibility index (Phi) is 5.84. The Bertz CT molecular complexity index is 824. The summed E-state index contributed by atoms with van der Waals surface area (Å²) in [5.41, 5.74) is 0.532. The first-order valence-electron chi connectivity index (χ1n) is 9.21. The van der Waals surface area contributed by atoms with Gasteiger partial charge in [-0.3, -0.25) is 9.59 Å². The van der Waals surface area contributed by atoms with Crippen LogP contribution in [0.25, 0.3) is 0 Å². The summed E-state index contributed by atoms with van der Waals surface area (Å²) in [5.74, 6) is 2.63. The van der Waals surface area contributed by atoms with Crippen LogP contribution < -0.4 is 9.47 Å². The van der Waals surface area contributed by atoms with Crippen LogP contribution in [0.1, 0.15) is 48.6 Å². The molecule has 27 heavy (non-hydrogen) atoms. The second-order valence-electron chi connectivity index (χ2n) is 6.91. The number of ether oxygens (including phenoxy) is 2. The van der Waals surface area contributed by atoms with Gasteiger partial charge in [-0.15, -0.1) is 0 Å². The Morgan fingerprint density at radius 2 is 1.78 bits per heavy atom. The highest BCUT2D eigenvalue weighted by atomic mass is 16.6. The van der Waals surface area contributed by atoms with Gasteiger partial charge in [-0.25, -0.2) is 0 Å². The summed E-state index contributed by atoms with van der Waals surface area (Å²) in [4.78, 5) is 26.9. The number of rotatable bonds is 7. The molecule has 2 heterocycles. The molecule has 0 spiro atoms. The summed E-state index contributed by atoms with van der Waals surface area (Å²) >= 11 is 0. The van der Waals surface area contributed by atoms with Crippen LogP contribution in [0.15, 0.2) is 34.7 Å². The van der Waals surface area contributed by atoms with Crippen molar-refractivity contribution in [3.63, 3.8) is 0 Å². The highest BCUT2D eigenvalue weighted by molar-refractivity contribution is 5.98. The molecule has 0 aliphatic carbocycles. The van der Waals surface area contributed by atoms with Crippen LogP contribution in [0.4, 0.5) is 0 Å². The number of hydrogen-bond acceptors (Lipinski definition) is 5. The minimum absolute atomic E-state index is 0.0206. The van der Waals surface area contributed by atoms with Crippen LogP contribution in [0.2, 0.25) is 0 Å². The molecule has 0 fully saturated rings. The van der Waals surface area contributed by atoms with E-state index in [0.29, 0.717) is 36.8 Å². The molecule has 0 atom stereocenters. The average Bonchev–Trinajstić information content (AvgIpc) is 3.08. The minimum Gasteiger partial charge on any atom is -0.486 e. The summed E-state index contributed by atoms with van der Waals surface area (Å²) in [6, 6.07) is 8.91. The summed E-state index contributed by atoms with van der Waals surface area (Å²) < 4.78 is 16.6. The molecular formula is C21H25NO5. The van der Waals surface area contributed by atoms with Crippen molar-refractivity contribution in [2.75, 3.05) is 13.2 Å². The fourth-order valence-electron chi connectivity index (χ4n) is 3.02. The zero-order valence-corrected chi connectivity index (χ0v) is 16.0. The van der Waals surface area contributed by atoms with Gasteiger partial charge in [0, 0.05) is 24.4 Å². The van der Waals surface area contributed by atoms with Crippen molar-refractivity contribution in [1.82, 2.24) is 4.90 Å². The van der Waals surface area contributed by atoms with Crippen LogP contribution in [-0.4, -0.2) is 35.8 Å². The molecule has 1 aliphatic rings. The van der Waals surface area contributed by atoms with E-state index in [2.05, 4.69) is 0 Å². The summed E-state index contributed by atoms with van der Waals surface area (Å²) in [7, 11) is 0. The molecule has 6 heteroatoms. The maximum absolute atomic E-state index is 12.7. The number of ketones is 1. The van der Waals surface area contributed by atoms with Crippen LogP contribution in [-0.2, 0) is 11.3 Å². The van der Waals surface area contributed by atoms with Crippen molar-refractivity contribution >= 4 is 11.7 Å². The van der Waals surface area contributed by atoms with Crippen LogP contribution in [0, 0.1) is 6.92 Å².